The van der Waals surface area contributed by atoms with E-state index in [1.54, 1.807) is 24.3 Å². The molecule has 0 heterocycles. The summed E-state index contributed by atoms with van der Waals surface area (Å²) in [5, 5.41) is 10.1. The molecule has 2 aromatic rings. The lowest BCUT2D eigenvalue weighted by atomic mass is 9.80. The van der Waals surface area contributed by atoms with Crippen molar-refractivity contribution in [1.29, 1.82) is 0 Å². The predicted octanol–water partition coefficient (Wildman–Crippen LogP) is 3.46. The molecular weight excluding hydrogens is 416 g/mol. The van der Waals surface area contributed by atoms with E-state index in [0.717, 1.165) is 17.7 Å². The van der Waals surface area contributed by atoms with Crippen LogP contribution in [0.1, 0.15) is 29.3 Å². The number of Topliss-reactive ketones (excluding diaryl/α,β-unsaturated/α-hetero) is 1. The second kappa shape index (κ2) is 11.5. The van der Waals surface area contributed by atoms with Gasteiger partial charge in [-0.05, 0) is 68.9 Å². The maximum Gasteiger partial charge on any atom is 0.250 e. The Morgan fingerprint density at radius 3 is 2.09 bits per heavy atom. The Bertz CT molecular complexity index is 999. The number of nitrogens with zero attached hydrogens (tertiary/aromatic N) is 2. The topological polar surface area (TPSA) is 77.9 Å². The van der Waals surface area contributed by atoms with Crippen LogP contribution in [0.5, 0.6) is 0 Å². The second-order valence-electron chi connectivity index (χ2n) is 8.09. The highest BCUT2D eigenvalue weighted by atomic mass is 16.3. The monoisotopic (exact) mass is 448 g/mol. The molecule has 0 aliphatic heterocycles. The van der Waals surface area contributed by atoms with Gasteiger partial charge in [-0.1, -0.05) is 50.4 Å². The molecule has 33 heavy (non-hydrogen) atoms. The molecular formula is C27H32N2O4. The van der Waals surface area contributed by atoms with Crippen LogP contribution >= 0.6 is 0 Å². The Hall–Kier alpha value is -3.35. The van der Waals surface area contributed by atoms with E-state index >= 15 is 0 Å². The highest BCUT2D eigenvalue weighted by molar-refractivity contribution is 6.05. The van der Waals surface area contributed by atoms with Gasteiger partial charge in [-0.25, -0.2) is 0 Å². The van der Waals surface area contributed by atoms with Gasteiger partial charge in [0.1, 0.15) is 6.10 Å². The summed E-state index contributed by atoms with van der Waals surface area (Å²) in [6.45, 7) is 8.60. The van der Waals surface area contributed by atoms with Gasteiger partial charge in [0.05, 0.1) is 12.1 Å². The zero-order valence-corrected chi connectivity index (χ0v) is 19.5. The predicted molar refractivity (Wildman–Crippen MR) is 131 cm³/mol. The number of carbonyl (C=O) groups is 3. The molecule has 0 aromatic heterocycles. The first-order chi connectivity index (χ1) is 15.7. The van der Waals surface area contributed by atoms with Crippen molar-refractivity contribution in [1.82, 2.24) is 4.90 Å². The fourth-order valence-corrected chi connectivity index (χ4v) is 3.87. The van der Waals surface area contributed by atoms with Gasteiger partial charge in [0.25, 0.3) is 0 Å². The van der Waals surface area contributed by atoms with Gasteiger partial charge in [-0.3, -0.25) is 19.3 Å². The van der Waals surface area contributed by atoms with Crippen molar-refractivity contribution < 1.29 is 19.5 Å². The van der Waals surface area contributed by atoms with Gasteiger partial charge in [0.2, 0.25) is 5.91 Å². The number of aliphatic hydroxyl groups is 1. The molecule has 0 bridgehead atoms. The standard InChI is InChI=1S/C27H32N2O4/c1-6-23(30)24(31)19-29(25(32)7-2)22-16-14-21(15-17-22)26(33)27(8-3,28(4)5)18-20-12-10-9-11-13-20/h6-7,9-17,24,31H,1-2,8,18-19H2,3-5H3. The Morgan fingerprint density at radius 2 is 1.61 bits per heavy atom. The fourth-order valence-electron chi connectivity index (χ4n) is 3.87. The lowest BCUT2D eigenvalue weighted by molar-refractivity contribution is -0.122. The van der Waals surface area contributed by atoms with E-state index in [1.165, 1.54) is 4.90 Å². The Kier molecular flexibility index (Phi) is 9.02. The molecule has 0 saturated carbocycles. The van der Waals surface area contributed by atoms with Crippen LogP contribution < -0.4 is 4.90 Å². The lowest BCUT2D eigenvalue weighted by Crippen LogP contribution is -2.52. The third-order valence-electron chi connectivity index (χ3n) is 5.97. The van der Waals surface area contributed by atoms with Crippen molar-refractivity contribution in [2.24, 2.45) is 0 Å². The minimum atomic E-state index is -1.40. The van der Waals surface area contributed by atoms with Crippen molar-refractivity contribution in [3.63, 3.8) is 0 Å². The molecule has 6 heteroatoms. The normalized spacial score (nSPS) is 13.6. The molecule has 1 N–H and O–H groups in total. The van der Waals surface area contributed by atoms with Gasteiger partial charge in [-0.2, -0.15) is 0 Å². The van der Waals surface area contributed by atoms with Crippen LogP contribution in [0.4, 0.5) is 5.69 Å². The molecule has 2 rings (SSSR count). The van der Waals surface area contributed by atoms with Gasteiger partial charge in [-0.15, -0.1) is 0 Å². The number of hydrogen-bond donors (Lipinski definition) is 1. The first kappa shape index (κ1) is 25.9. The maximum atomic E-state index is 13.7. The van der Waals surface area contributed by atoms with Gasteiger partial charge >= 0.3 is 0 Å². The van der Waals surface area contributed by atoms with Crippen LogP contribution in [-0.4, -0.2) is 59.8 Å². The summed E-state index contributed by atoms with van der Waals surface area (Å²) in [5.74, 6) is -1.07. The molecule has 174 valence electrons. The maximum absolute atomic E-state index is 13.7. The molecule has 0 spiro atoms. The third-order valence-corrected chi connectivity index (χ3v) is 5.97. The van der Waals surface area contributed by atoms with Crippen molar-refractivity contribution in [3.8, 4) is 0 Å². The average molecular weight is 449 g/mol. The largest absolute Gasteiger partial charge is 0.383 e. The highest BCUT2D eigenvalue weighted by Gasteiger charge is 2.39. The number of amides is 1. The van der Waals surface area contributed by atoms with E-state index in [9.17, 15) is 19.5 Å². The fraction of sp³-hybridized carbons (Fsp3) is 0.296. The molecule has 1 amide bonds. The average Bonchev–Trinajstić information content (AvgIpc) is 2.84. The molecule has 0 fully saturated rings. The summed E-state index contributed by atoms with van der Waals surface area (Å²) >= 11 is 0. The number of ketones is 2. The smallest absolute Gasteiger partial charge is 0.250 e. The summed E-state index contributed by atoms with van der Waals surface area (Å²) in [7, 11) is 3.81. The first-order valence-electron chi connectivity index (χ1n) is 10.8. The van der Waals surface area contributed by atoms with Crippen molar-refractivity contribution in [2.75, 3.05) is 25.5 Å². The Balaban J connectivity index is 2.37. The Morgan fingerprint density at radius 1 is 1.00 bits per heavy atom. The first-order valence-corrected chi connectivity index (χ1v) is 10.8. The minimum Gasteiger partial charge on any atom is -0.383 e. The number of hydrogen-bond acceptors (Lipinski definition) is 5. The van der Waals surface area contributed by atoms with Crippen molar-refractivity contribution in [3.05, 3.63) is 91.0 Å². The van der Waals surface area contributed by atoms with Crippen LogP contribution in [0.3, 0.4) is 0 Å². The van der Waals surface area contributed by atoms with E-state index in [2.05, 4.69) is 13.2 Å². The van der Waals surface area contributed by atoms with Crippen molar-refractivity contribution in [2.45, 2.75) is 31.4 Å². The third kappa shape index (κ3) is 5.92. The number of likely N-dealkylation sites (N-methyl/N-ethyl adjacent to an activating group) is 1. The van der Waals surface area contributed by atoms with Crippen LogP contribution in [0.25, 0.3) is 0 Å². The number of rotatable bonds is 12. The van der Waals surface area contributed by atoms with E-state index in [0.29, 0.717) is 24.1 Å². The molecule has 2 atom stereocenters. The van der Waals surface area contributed by atoms with Crippen LogP contribution in [0.2, 0.25) is 0 Å². The molecule has 0 aliphatic rings. The zero-order valence-electron chi connectivity index (χ0n) is 19.5. The second-order valence-corrected chi connectivity index (χ2v) is 8.09. The van der Waals surface area contributed by atoms with Crippen LogP contribution in [-0.2, 0) is 16.0 Å². The zero-order chi connectivity index (χ0) is 24.6. The number of benzene rings is 2. The summed E-state index contributed by atoms with van der Waals surface area (Å²) in [6, 6.07) is 16.5. The van der Waals surface area contributed by atoms with Gasteiger partial charge < -0.3 is 10.0 Å². The van der Waals surface area contributed by atoms with Crippen molar-refractivity contribution >= 4 is 23.2 Å². The van der Waals surface area contributed by atoms with Gasteiger partial charge in [0.15, 0.2) is 11.6 Å². The number of aliphatic hydroxyl groups excluding tert-OH is 1. The van der Waals surface area contributed by atoms with E-state index in [-0.39, 0.29) is 12.3 Å². The Labute approximate surface area is 195 Å². The molecule has 6 nitrogen and oxygen atoms in total. The SMILES string of the molecule is C=CC(=O)C(O)CN(C(=O)C=C)c1ccc(C(=O)C(CC)(Cc2ccccc2)N(C)C)cc1. The number of anilines is 1. The van der Waals surface area contributed by atoms with E-state index in [4.69, 9.17) is 0 Å². The lowest BCUT2D eigenvalue weighted by Gasteiger charge is -2.38. The minimum absolute atomic E-state index is 0.0196. The summed E-state index contributed by atoms with van der Waals surface area (Å²) in [5.41, 5.74) is 1.30. The molecule has 0 saturated heterocycles. The van der Waals surface area contributed by atoms with Crippen LogP contribution in [0.15, 0.2) is 79.9 Å². The summed E-state index contributed by atoms with van der Waals surface area (Å²) < 4.78 is 0. The van der Waals surface area contributed by atoms with Gasteiger partial charge in [0, 0.05) is 11.3 Å². The van der Waals surface area contributed by atoms with E-state index in [1.807, 2.05) is 56.3 Å². The molecule has 0 radical (unpaired) electrons. The summed E-state index contributed by atoms with van der Waals surface area (Å²) in [4.78, 5) is 41.0. The highest BCUT2D eigenvalue weighted by Crippen LogP contribution is 2.29. The van der Waals surface area contributed by atoms with Crippen LogP contribution in [0, 0.1) is 0 Å². The summed E-state index contributed by atoms with van der Waals surface area (Å²) in [6.07, 6.45) is 1.90. The molecule has 0 aliphatic carbocycles. The molecule has 2 aromatic carbocycles. The number of carbonyl (C=O) groups excluding carboxylic acids is 3. The molecule has 2 unspecified atom stereocenters. The van der Waals surface area contributed by atoms with E-state index < -0.39 is 23.3 Å². The quantitative estimate of drug-likeness (QED) is 0.397.